The zero-order chi connectivity index (χ0) is 12.8. The lowest BCUT2D eigenvalue weighted by Crippen LogP contribution is -2.35. The van der Waals surface area contributed by atoms with Crippen molar-refractivity contribution in [1.82, 2.24) is 15.3 Å². The molecule has 0 aromatic carbocycles. The Balaban J connectivity index is 1.91. The Morgan fingerprint density at radius 2 is 1.67 bits per heavy atom. The molecule has 1 aliphatic carbocycles. The van der Waals surface area contributed by atoms with Crippen molar-refractivity contribution < 1.29 is 4.79 Å². The van der Waals surface area contributed by atoms with Crippen LogP contribution in [0.1, 0.15) is 61.1 Å². The van der Waals surface area contributed by atoms with E-state index in [0.29, 0.717) is 17.4 Å². The first-order chi connectivity index (χ1) is 8.75. The van der Waals surface area contributed by atoms with Crippen LogP contribution in [0.15, 0.2) is 12.4 Å². The Morgan fingerprint density at radius 1 is 1.11 bits per heavy atom. The highest BCUT2D eigenvalue weighted by molar-refractivity contribution is 5.93. The molecule has 4 heteroatoms. The van der Waals surface area contributed by atoms with Crippen LogP contribution in [-0.2, 0) is 0 Å². The molecule has 0 unspecified atom stereocenters. The SMILES string of the molecule is Cc1ncc(C(=O)NC2CCCCCCC2)cn1. The fraction of sp³-hybridized carbons (Fsp3) is 0.643. The standard InChI is InChI=1S/C14H21N3O/c1-11-15-9-12(10-16-11)14(18)17-13-7-5-3-2-4-6-8-13/h9-10,13H,2-8H2,1H3,(H,17,18). The summed E-state index contributed by atoms with van der Waals surface area (Å²) in [5.74, 6) is 0.651. The summed E-state index contributed by atoms with van der Waals surface area (Å²) in [6, 6.07) is 0.319. The highest BCUT2D eigenvalue weighted by Gasteiger charge is 2.15. The van der Waals surface area contributed by atoms with Gasteiger partial charge in [0, 0.05) is 18.4 Å². The highest BCUT2D eigenvalue weighted by atomic mass is 16.1. The second-order valence-electron chi connectivity index (χ2n) is 5.03. The molecular formula is C14H21N3O. The van der Waals surface area contributed by atoms with E-state index in [2.05, 4.69) is 15.3 Å². The van der Waals surface area contributed by atoms with Gasteiger partial charge in [0.05, 0.1) is 5.56 Å². The van der Waals surface area contributed by atoms with E-state index in [-0.39, 0.29) is 5.91 Å². The largest absolute Gasteiger partial charge is 0.349 e. The summed E-state index contributed by atoms with van der Waals surface area (Å²) in [5, 5.41) is 3.10. The summed E-state index contributed by atoms with van der Waals surface area (Å²) in [5.41, 5.74) is 0.558. The highest BCUT2D eigenvalue weighted by Crippen LogP contribution is 2.17. The summed E-state index contributed by atoms with van der Waals surface area (Å²) in [6.45, 7) is 1.82. The molecule has 0 aliphatic heterocycles. The van der Waals surface area contributed by atoms with E-state index in [4.69, 9.17) is 0 Å². The maximum absolute atomic E-state index is 12.0. The van der Waals surface area contributed by atoms with Crippen molar-refractivity contribution in [3.8, 4) is 0 Å². The zero-order valence-electron chi connectivity index (χ0n) is 11.0. The molecule has 0 saturated heterocycles. The van der Waals surface area contributed by atoms with Gasteiger partial charge in [-0.15, -0.1) is 0 Å². The number of rotatable bonds is 2. The zero-order valence-corrected chi connectivity index (χ0v) is 11.0. The molecule has 18 heavy (non-hydrogen) atoms. The van der Waals surface area contributed by atoms with Gasteiger partial charge in [-0.05, 0) is 19.8 Å². The van der Waals surface area contributed by atoms with E-state index in [1.165, 1.54) is 32.1 Å². The average Bonchev–Trinajstić information content (AvgIpc) is 2.33. The molecule has 1 aliphatic rings. The second-order valence-corrected chi connectivity index (χ2v) is 5.03. The fourth-order valence-corrected chi connectivity index (χ4v) is 2.38. The Kier molecular flexibility index (Phi) is 4.67. The van der Waals surface area contributed by atoms with Gasteiger partial charge >= 0.3 is 0 Å². The predicted molar refractivity (Wildman–Crippen MR) is 70.3 cm³/mol. The van der Waals surface area contributed by atoms with E-state index in [1.807, 2.05) is 6.92 Å². The van der Waals surface area contributed by atoms with Crippen LogP contribution in [0, 0.1) is 6.92 Å². The second kappa shape index (κ2) is 6.47. The molecule has 1 aromatic heterocycles. The minimum Gasteiger partial charge on any atom is -0.349 e. The van der Waals surface area contributed by atoms with E-state index >= 15 is 0 Å². The van der Waals surface area contributed by atoms with Crippen LogP contribution < -0.4 is 5.32 Å². The van der Waals surface area contributed by atoms with Crippen LogP contribution in [0.5, 0.6) is 0 Å². The van der Waals surface area contributed by atoms with Crippen LogP contribution in [0.4, 0.5) is 0 Å². The molecule has 0 atom stereocenters. The minimum atomic E-state index is -0.0411. The van der Waals surface area contributed by atoms with Gasteiger partial charge in [0.15, 0.2) is 0 Å². The number of carbonyl (C=O) groups excluding carboxylic acids is 1. The number of carbonyl (C=O) groups is 1. The Hall–Kier alpha value is -1.45. The maximum Gasteiger partial charge on any atom is 0.254 e. The number of hydrogen-bond acceptors (Lipinski definition) is 3. The monoisotopic (exact) mass is 247 g/mol. The van der Waals surface area contributed by atoms with Crippen LogP contribution >= 0.6 is 0 Å². The topological polar surface area (TPSA) is 54.9 Å². The van der Waals surface area contributed by atoms with Crippen LogP contribution in [-0.4, -0.2) is 21.9 Å². The first-order valence-electron chi connectivity index (χ1n) is 6.85. The Labute approximate surface area is 108 Å². The van der Waals surface area contributed by atoms with Crippen LogP contribution in [0.25, 0.3) is 0 Å². The normalized spacial score (nSPS) is 17.8. The minimum absolute atomic E-state index is 0.0411. The van der Waals surface area contributed by atoms with E-state index in [0.717, 1.165) is 12.8 Å². The Morgan fingerprint density at radius 3 is 2.28 bits per heavy atom. The average molecular weight is 247 g/mol. The van der Waals surface area contributed by atoms with Gasteiger partial charge in [0.1, 0.15) is 5.82 Å². The van der Waals surface area contributed by atoms with Crippen molar-refractivity contribution in [2.75, 3.05) is 0 Å². The van der Waals surface area contributed by atoms with Gasteiger partial charge in [-0.1, -0.05) is 32.1 Å². The van der Waals surface area contributed by atoms with E-state index in [9.17, 15) is 4.79 Å². The summed E-state index contributed by atoms with van der Waals surface area (Å²) >= 11 is 0. The molecule has 0 spiro atoms. The third kappa shape index (κ3) is 3.79. The fourth-order valence-electron chi connectivity index (χ4n) is 2.38. The Bertz CT molecular complexity index is 381. The van der Waals surface area contributed by atoms with Crippen molar-refractivity contribution in [2.24, 2.45) is 0 Å². The number of aromatic nitrogens is 2. The maximum atomic E-state index is 12.0. The number of nitrogens with zero attached hydrogens (tertiary/aromatic N) is 2. The number of amides is 1. The third-order valence-electron chi connectivity index (χ3n) is 3.48. The molecule has 1 heterocycles. The first-order valence-corrected chi connectivity index (χ1v) is 6.85. The molecule has 2 rings (SSSR count). The van der Waals surface area contributed by atoms with Gasteiger partial charge < -0.3 is 5.32 Å². The van der Waals surface area contributed by atoms with Crippen LogP contribution in [0.3, 0.4) is 0 Å². The third-order valence-corrected chi connectivity index (χ3v) is 3.48. The predicted octanol–water partition coefficient (Wildman–Crippen LogP) is 2.63. The molecule has 0 bridgehead atoms. The molecule has 4 nitrogen and oxygen atoms in total. The molecule has 1 saturated carbocycles. The number of hydrogen-bond donors (Lipinski definition) is 1. The molecular weight excluding hydrogens is 226 g/mol. The summed E-state index contributed by atoms with van der Waals surface area (Å²) in [6.07, 6.45) is 11.7. The quantitative estimate of drug-likeness (QED) is 0.874. The van der Waals surface area contributed by atoms with Gasteiger partial charge in [0.25, 0.3) is 5.91 Å². The molecule has 1 amide bonds. The molecule has 0 radical (unpaired) electrons. The van der Waals surface area contributed by atoms with Crippen LogP contribution in [0.2, 0.25) is 0 Å². The molecule has 98 valence electrons. The van der Waals surface area contributed by atoms with Crippen molar-refractivity contribution in [2.45, 2.75) is 57.9 Å². The van der Waals surface area contributed by atoms with E-state index < -0.39 is 0 Å². The summed E-state index contributed by atoms with van der Waals surface area (Å²) in [4.78, 5) is 20.1. The molecule has 1 fully saturated rings. The van der Waals surface area contributed by atoms with Gasteiger partial charge in [-0.2, -0.15) is 0 Å². The molecule has 1 N–H and O–H groups in total. The molecule has 1 aromatic rings. The van der Waals surface area contributed by atoms with Gasteiger partial charge in [-0.25, -0.2) is 9.97 Å². The van der Waals surface area contributed by atoms with Gasteiger partial charge in [0.2, 0.25) is 0 Å². The van der Waals surface area contributed by atoms with Crippen molar-refractivity contribution >= 4 is 5.91 Å². The lowest BCUT2D eigenvalue weighted by molar-refractivity contribution is 0.0929. The van der Waals surface area contributed by atoms with Crippen molar-refractivity contribution in [1.29, 1.82) is 0 Å². The summed E-state index contributed by atoms with van der Waals surface area (Å²) < 4.78 is 0. The smallest absolute Gasteiger partial charge is 0.254 e. The lowest BCUT2D eigenvalue weighted by atomic mass is 9.96. The van der Waals surface area contributed by atoms with E-state index in [1.54, 1.807) is 12.4 Å². The number of nitrogens with one attached hydrogen (secondary N) is 1. The first kappa shape index (κ1) is 13.0. The summed E-state index contributed by atoms with van der Waals surface area (Å²) in [7, 11) is 0. The number of aryl methyl sites for hydroxylation is 1. The van der Waals surface area contributed by atoms with Gasteiger partial charge in [-0.3, -0.25) is 4.79 Å². The lowest BCUT2D eigenvalue weighted by Gasteiger charge is -2.20. The van der Waals surface area contributed by atoms with Crippen molar-refractivity contribution in [3.63, 3.8) is 0 Å². The van der Waals surface area contributed by atoms with Crippen molar-refractivity contribution in [3.05, 3.63) is 23.8 Å².